The van der Waals surface area contributed by atoms with Gasteiger partial charge in [0, 0.05) is 11.8 Å². The Balaban J connectivity index is 2.23. The van der Waals surface area contributed by atoms with E-state index in [1.165, 1.54) is 17.7 Å². The fourth-order valence-electron chi connectivity index (χ4n) is 1.80. The molecule has 0 aliphatic heterocycles. The van der Waals surface area contributed by atoms with E-state index in [1.807, 2.05) is 11.8 Å². The highest BCUT2D eigenvalue weighted by Gasteiger charge is 2.05. The maximum Gasteiger partial charge on any atom is 0.0129 e. The first-order valence-electron chi connectivity index (χ1n) is 6.01. The van der Waals surface area contributed by atoms with Gasteiger partial charge in [0.25, 0.3) is 0 Å². The van der Waals surface area contributed by atoms with Crippen molar-refractivity contribution in [2.75, 3.05) is 18.6 Å². The summed E-state index contributed by atoms with van der Waals surface area (Å²) in [6.45, 7) is 5.66. The van der Waals surface area contributed by atoms with Gasteiger partial charge in [-0.3, -0.25) is 0 Å². The molecule has 16 heavy (non-hydrogen) atoms. The third-order valence-corrected chi connectivity index (χ3v) is 3.69. The van der Waals surface area contributed by atoms with Crippen LogP contribution in [0.15, 0.2) is 30.3 Å². The summed E-state index contributed by atoms with van der Waals surface area (Å²) in [5.41, 5.74) is 1.45. The minimum Gasteiger partial charge on any atom is -0.313 e. The van der Waals surface area contributed by atoms with Crippen molar-refractivity contribution in [1.29, 1.82) is 0 Å². The predicted molar refractivity (Wildman–Crippen MR) is 75.3 cm³/mol. The van der Waals surface area contributed by atoms with Crippen LogP contribution in [0.5, 0.6) is 0 Å². The number of nitrogens with one attached hydrogen (secondary N) is 1. The molecule has 1 aromatic rings. The molecule has 0 bridgehead atoms. The zero-order valence-electron chi connectivity index (χ0n) is 10.6. The highest BCUT2D eigenvalue weighted by Crippen LogP contribution is 2.17. The van der Waals surface area contributed by atoms with Crippen molar-refractivity contribution in [1.82, 2.24) is 5.32 Å². The molecule has 0 aromatic heterocycles. The zero-order valence-corrected chi connectivity index (χ0v) is 11.4. The van der Waals surface area contributed by atoms with Crippen LogP contribution in [-0.2, 0) is 0 Å². The standard InChI is InChI=1S/C14H23NS/c1-12(14-7-5-4-6-8-14)9-10-15-13(2)11-16-3/h4-8,12-13,15H,9-11H2,1-3H3. The lowest BCUT2D eigenvalue weighted by molar-refractivity contribution is 0.545. The molecule has 2 atom stereocenters. The summed E-state index contributed by atoms with van der Waals surface area (Å²) in [4.78, 5) is 0. The number of hydrogen-bond acceptors (Lipinski definition) is 2. The van der Waals surface area contributed by atoms with Gasteiger partial charge in [-0.1, -0.05) is 37.3 Å². The van der Waals surface area contributed by atoms with Gasteiger partial charge < -0.3 is 5.32 Å². The molecule has 0 radical (unpaired) electrons. The average Bonchev–Trinajstić information content (AvgIpc) is 2.30. The van der Waals surface area contributed by atoms with Gasteiger partial charge >= 0.3 is 0 Å². The normalized spacial score (nSPS) is 14.7. The second-order valence-corrected chi connectivity index (χ2v) is 5.32. The molecule has 0 heterocycles. The van der Waals surface area contributed by atoms with Crippen LogP contribution in [0, 0.1) is 0 Å². The molecule has 1 N–H and O–H groups in total. The first-order valence-corrected chi connectivity index (χ1v) is 7.40. The van der Waals surface area contributed by atoms with E-state index in [-0.39, 0.29) is 0 Å². The van der Waals surface area contributed by atoms with Crippen LogP contribution in [0.1, 0.15) is 31.7 Å². The van der Waals surface area contributed by atoms with E-state index in [1.54, 1.807) is 0 Å². The Labute approximate surface area is 104 Å². The lowest BCUT2D eigenvalue weighted by Gasteiger charge is -2.15. The van der Waals surface area contributed by atoms with Crippen LogP contribution in [0.3, 0.4) is 0 Å². The van der Waals surface area contributed by atoms with Gasteiger partial charge in [-0.05, 0) is 37.6 Å². The largest absolute Gasteiger partial charge is 0.313 e. The fraction of sp³-hybridized carbons (Fsp3) is 0.571. The van der Waals surface area contributed by atoms with Crippen LogP contribution in [0.25, 0.3) is 0 Å². The molecule has 2 unspecified atom stereocenters. The Hall–Kier alpha value is -0.470. The topological polar surface area (TPSA) is 12.0 Å². The molecule has 1 nitrogen and oxygen atoms in total. The van der Waals surface area contributed by atoms with Gasteiger partial charge in [-0.15, -0.1) is 0 Å². The second kappa shape index (κ2) is 7.75. The molecule has 0 spiro atoms. The summed E-state index contributed by atoms with van der Waals surface area (Å²) in [7, 11) is 0. The van der Waals surface area contributed by atoms with Crippen LogP contribution >= 0.6 is 11.8 Å². The van der Waals surface area contributed by atoms with Gasteiger partial charge in [-0.2, -0.15) is 11.8 Å². The van der Waals surface area contributed by atoms with Crippen LogP contribution in [-0.4, -0.2) is 24.6 Å². The average molecular weight is 237 g/mol. The Morgan fingerprint density at radius 1 is 1.19 bits per heavy atom. The number of benzene rings is 1. The summed E-state index contributed by atoms with van der Waals surface area (Å²) in [5.74, 6) is 1.84. The van der Waals surface area contributed by atoms with Crippen molar-refractivity contribution in [3.63, 3.8) is 0 Å². The van der Waals surface area contributed by atoms with Gasteiger partial charge in [0.05, 0.1) is 0 Å². The van der Waals surface area contributed by atoms with E-state index < -0.39 is 0 Å². The van der Waals surface area contributed by atoms with E-state index in [4.69, 9.17) is 0 Å². The number of thioether (sulfide) groups is 1. The van der Waals surface area contributed by atoms with Crippen molar-refractivity contribution in [2.45, 2.75) is 32.2 Å². The van der Waals surface area contributed by atoms with E-state index >= 15 is 0 Å². The van der Waals surface area contributed by atoms with Crippen molar-refractivity contribution in [3.8, 4) is 0 Å². The Morgan fingerprint density at radius 2 is 1.88 bits per heavy atom. The summed E-state index contributed by atoms with van der Waals surface area (Å²) < 4.78 is 0. The van der Waals surface area contributed by atoms with Crippen LogP contribution in [0.2, 0.25) is 0 Å². The molecule has 90 valence electrons. The smallest absolute Gasteiger partial charge is 0.0129 e. The SMILES string of the molecule is CSCC(C)NCCC(C)c1ccccc1. The van der Waals surface area contributed by atoms with Crippen molar-refractivity contribution in [3.05, 3.63) is 35.9 Å². The van der Waals surface area contributed by atoms with Crippen molar-refractivity contribution >= 4 is 11.8 Å². The van der Waals surface area contributed by atoms with E-state index in [2.05, 4.69) is 55.8 Å². The molecule has 0 aliphatic carbocycles. The number of hydrogen-bond donors (Lipinski definition) is 1. The van der Waals surface area contributed by atoms with Gasteiger partial charge in [0.15, 0.2) is 0 Å². The first kappa shape index (κ1) is 13.6. The van der Waals surface area contributed by atoms with Crippen LogP contribution in [0.4, 0.5) is 0 Å². The predicted octanol–water partition coefficient (Wildman–Crippen LogP) is 3.52. The van der Waals surface area contributed by atoms with Crippen LogP contribution < -0.4 is 5.32 Å². The fourth-order valence-corrected chi connectivity index (χ4v) is 2.42. The van der Waals surface area contributed by atoms with Gasteiger partial charge in [0.1, 0.15) is 0 Å². The molecule has 0 aliphatic rings. The Kier molecular flexibility index (Phi) is 6.58. The molecular weight excluding hydrogens is 214 g/mol. The van der Waals surface area contributed by atoms with Crippen molar-refractivity contribution < 1.29 is 0 Å². The third-order valence-electron chi connectivity index (χ3n) is 2.86. The molecule has 2 heteroatoms. The second-order valence-electron chi connectivity index (χ2n) is 4.41. The van der Waals surface area contributed by atoms with Gasteiger partial charge in [0.2, 0.25) is 0 Å². The van der Waals surface area contributed by atoms with E-state index in [0.29, 0.717) is 12.0 Å². The molecule has 0 fully saturated rings. The summed E-state index contributed by atoms with van der Waals surface area (Å²) in [6.07, 6.45) is 3.37. The quantitative estimate of drug-likeness (QED) is 0.778. The monoisotopic (exact) mass is 237 g/mol. The van der Waals surface area contributed by atoms with E-state index in [0.717, 1.165) is 6.54 Å². The highest BCUT2D eigenvalue weighted by atomic mass is 32.2. The minimum absolute atomic E-state index is 0.623. The molecule has 0 saturated heterocycles. The maximum absolute atomic E-state index is 3.56. The summed E-state index contributed by atoms with van der Waals surface area (Å²) >= 11 is 1.90. The Morgan fingerprint density at radius 3 is 2.50 bits per heavy atom. The minimum atomic E-state index is 0.623. The third kappa shape index (κ3) is 5.04. The maximum atomic E-state index is 3.56. The van der Waals surface area contributed by atoms with Gasteiger partial charge in [-0.25, -0.2) is 0 Å². The molecule has 0 amide bonds. The highest BCUT2D eigenvalue weighted by molar-refractivity contribution is 7.98. The number of rotatable bonds is 7. The summed E-state index contributed by atoms with van der Waals surface area (Å²) in [5, 5.41) is 3.56. The molecule has 1 rings (SSSR count). The summed E-state index contributed by atoms with van der Waals surface area (Å²) in [6, 6.07) is 11.4. The lowest BCUT2D eigenvalue weighted by atomic mass is 9.98. The zero-order chi connectivity index (χ0) is 11.8. The van der Waals surface area contributed by atoms with Crippen molar-refractivity contribution in [2.24, 2.45) is 0 Å². The molecule has 1 aromatic carbocycles. The molecule has 0 saturated carbocycles. The first-order chi connectivity index (χ1) is 7.74. The van der Waals surface area contributed by atoms with E-state index in [9.17, 15) is 0 Å². The Bertz CT molecular complexity index is 273. The lowest BCUT2D eigenvalue weighted by Crippen LogP contribution is -2.29. The molecular formula is C14H23NS.